The SMILES string of the molecule is NCC(=O)CCc1cccc(Cl)c1F. The molecule has 0 spiro atoms. The van der Waals surface area contributed by atoms with Gasteiger partial charge in [0.1, 0.15) is 11.6 Å². The summed E-state index contributed by atoms with van der Waals surface area (Å²) in [7, 11) is 0. The van der Waals surface area contributed by atoms with Crippen LogP contribution in [-0.2, 0) is 11.2 Å². The molecule has 0 amide bonds. The van der Waals surface area contributed by atoms with Gasteiger partial charge in [-0.25, -0.2) is 4.39 Å². The van der Waals surface area contributed by atoms with Crippen LogP contribution in [0.15, 0.2) is 18.2 Å². The third-order valence-electron chi connectivity index (χ3n) is 1.93. The molecule has 0 aliphatic carbocycles. The third kappa shape index (κ3) is 2.79. The molecule has 0 bridgehead atoms. The molecular formula is C10H11ClFNO. The fourth-order valence-electron chi connectivity index (χ4n) is 1.12. The Morgan fingerprint density at radius 2 is 2.21 bits per heavy atom. The van der Waals surface area contributed by atoms with Crippen LogP contribution >= 0.6 is 11.6 Å². The van der Waals surface area contributed by atoms with Gasteiger partial charge in [0.15, 0.2) is 0 Å². The van der Waals surface area contributed by atoms with Crippen molar-refractivity contribution >= 4 is 17.4 Å². The summed E-state index contributed by atoms with van der Waals surface area (Å²) in [4.78, 5) is 10.9. The van der Waals surface area contributed by atoms with E-state index < -0.39 is 5.82 Å². The minimum Gasteiger partial charge on any atom is -0.324 e. The van der Waals surface area contributed by atoms with E-state index in [1.807, 2.05) is 0 Å². The molecule has 1 aromatic carbocycles. The number of benzene rings is 1. The van der Waals surface area contributed by atoms with Crippen LogP contribution in [0.4, 0.5) is 4.39 Å². The van der Waals surface area contributed by atoms with Crippen molar-refractivity contribution < 1.29 is 9.18 Å². The predicted octanol–water partition coefficient (Wildman–Crippen LogP) is 1.94. The molecule has 0 saturated carbocycles. The van der Waals surface area contributed by atoms with Gasteiger partial charge in [0.05, 0.1) is 11.6 Å². The minimum absolute atomic E-state index is 0.00217. The molecule has 0 atom stereocenters. The molecular weight excluding hydrogens is 205 g/mol. The Bertz CT molecular complexity index is 341. The molecule has 0 aliphatic rings. The summed E-state index contributed by atoms with van der Waals surface area (Å²) in [6.45, 7) is 0.00217. The van der Waals surface area contributed by atoms with E-state index in [-0.39, 0.29) is 23.8 Å². The molecule has 0 aromatic heterocycles. The lowest BCUT2D eigenvalue weighted by Gasteiger charge is -2.02. The smallest absolute Gasteiger partial charge is 0.146 e. The highest BCUT2D eigenvalue weighted by molar-refractivity contribution is 6.30. The van der Waals surface area contributed by atoms with Crippen LogP contribution in [0.1, 0.15) is 12.0 Å². The number of hydrogen-bond donors (Lipinski definition) is 1. The van der Waals surface area contributed by atoms with Gasteiger partial charge in [0, 0.05) is 6.42 Å². The summed E-state index contributed by atoms with van der Waals surface area (Å²) in [5.41, 5.74) is 5.59. The van der Waals surface area contributed by atoms with Crippen LogP contribution in [0.25, 0.3) is 0 Å². The average Bonchev–Trinajstić information content (AvgIpc) is 2.20. The van der Waals surface area contributed by atoms with Crippen molar-refractivity contribution in [3.05, 3.63) is 34.6 Å². The highest BCUT2D eigenvalue weighted by Gasteiger charge is 2.07. The number of hydrogen-bond acceptors (Lipinski definition) is 2. The van der Waals surface area contributed by atoms with Crippen LogP contribution in [0, 0.1) is 5.82 Å². The van der Waals surface area contributed by atoms with Gasteiger partial charge < -0.3 is 5.73 Å². The molecule has 1 aromatic rings. The summed E-state index contributed by atoms with van der Waals surface area (Å²) in [6.07, 6.45) is 0.607. The summed E-state index contributed by atoms with van der Waals surface area (Å²) < 4.78 is 13.3. The highest BCUT2D eigenvalue weighted by Crippen LogP contribution is 2.18. The Kier molecular flexibility index (Phi) is 4.04. The summed E-state index contributed by atoms with van der Waals surface area (Å²) in [5.74, 6) is -0.525. The number of aryl methyl sites for hydroxylation is 1. The summed E-state index contributed by atoms with van der Waals surface area (Å²) in [5, 5.41) is 0.0858. The molecule has 0 unspecified atom stereocenters. The van der Waals surface area contributed by atoms with Gasteiger partial charge in [0.2, 0.25) is 0 Å². The number of carbonyl (C=O) groups is 1. The van der Waals surface area contributed by atoms with E-state index in [1.54, 1.807) is 12.1 Å². The second-order valence-electron chi connectivity index (χ2n) is 2.96. The number of rotatable bonds is 4. The maximum absolute atomic E-state index is 13.3. The average molecular weight is 216 g/mol. The Morgan fingerprint density at radius 3 is 2.86 bits per heavy atom. The molecule has 0 aliphatic heterocycles. The quantitative estimate of drug-likeness (QED) is 0.834. The van der Waals surface area contributed by atoms with Gasteiger partial charge in [-0.1, -0.05) is 23.7 Å². The number of ketones is 1. The Morgan fingerprint density at radius 1 is 1.50 bits per heavy atom. The van der Waals surface area contributed by atoms with Crippen LogP contribution in [0.2, 0.25) is 5.02 Å². The molecule has 0 fully saturated rings. The molecule has 2 N–H and O–H groups in total. The Balaban J connectivity index is 2.68. The van der Waals surface area contributed by atoms with Crippen molar-refractivity contribution in [1.29, 1.82) is 0 Å². The van der Waals surface area contributed by atoms with Gasteiger partial charge in [0.25, 0.3) is 0 Å². The van der Waals surface area contributed by atoms with Gasteiger partial charge in [-0.3, -0.25) is 4.79 Å². The standard InChI is InChI=1S/C10H11ClFNO/c11-9-3-1-2-7(10(9)12)4-5-8(14)6-13/h1-3H,4-6,13H2. The van der Waals surface area contributed by atoms with Crippen molar-refractivity contribution in [2.45, 2.75) is 12.8 Å². The zero-order valence-corrected chi connectivity index (χ0v) is 8.35. The fraction of sp³-hybridized carbons (Fsp3) is 0.300. The van der Waals surface area contributed by atoms with E-state index >= 15 is 0 Å². The molecule has 0 saturated heterocycles. The molecule has 0 heterocycles. The zero-order chi connectivity index (χ0) is 10.6. The first-order valence-electron chi connectivity index (χ1n) is 4.30. The van der Waals surface area contributed by atoms with Crippen LogP contribution < -0.4 is 5.73 Å². The summed E-state index contributed by atoms with van der Waals surface area (Å²) in [6, 6.07) is 4.75. The summed E-state index contributed by atoms with van der Waals surface area (Å²) >= 11 is 5.58. The van der Waals surface area contributed by atoms with E-state index in [9.17, 15) is 9.18 Å². The van der Waals surface area contributed by atoms with Crippen LogP contribution in [0.3, 0.4) is 0 Å². The normalized spacial score (nSPS) is 10.2. The first kappa shape index (κ1) is 11.1. The second-order valence-corrected chi connectivity index (χ2v) is 3.36. The molecule has 2 nitrogen and oxygen atoms in total. The first-order chi connectivity index (χ1) is 6.65. The van der Waals surface area contributed by atoms with E-state index in [0.29, 0.717) is 12.0 Å². The number of Topliss-reactive ketones (excluding diaryl/α,β-unsaturated/α-hetero) is 1. The van der Waals surface area contributed by atoms with Crippen LogP contribution in [0.5, 0.6) is 0 Å². The van der Waals surface area contributed by atoms with Gasteiger partial charge >= 0.3 is 0 Å². The maximum atomic E-state index is 13.3. The van der Waals surface area contributed by atoms with Crippen molar-refractivity contribution in [3.63, 3.8) is 0 Å². The zero-order valence-electron chi connectivity index (χ0n) is 7.59. The van der Waals surface area contributed by atoms with Crippen molar-refractivity contribution in [3.8, 4) is 0 Å². The second kappa shape index (κ2) is 5.08. The van der Waals surface area contributed by atoms with Crippen molar-refractivity contribution in [2.75, 3.05) is 6.54 Å². The van der Waals surface area contributed by atoms with E-state index in [2.05, 4.69) is 0 Å². The topological polar surface area (TPSA) is 43.1 Å². The lowest BCUT2D eigenvalue weighted by atomic mass is 10.1. The molecule has 1 rings (SSSR count). The van der Waals surface area contributed by atoms with E-state index in [1.165, 1.54) is 6.07 Å². The van der Waals surface area contributed by atoms with Crippen LogP contribution in [-0.4, -0.2) is 12.3 Å². The lowest BCUT2D eigenvalue weighted by molar-refractivity contribution is -0.117. The lowest BCUT2D eigenvalue weighted by Crippen LogP contribution is -2.14. The van der Waals surface area contributed by atoms with E-state index in [4.69, 9.17) is 17.3 Å². The predicted molar refractivity (Wildman–Crippen MR) is 53.8 cm³/mol. The molecule has 4 heteroatoms. The first-order valence-corrected chi connectivity index (χ1v) is 4.67. The largest absolute Gasteiger partial charge is 0.324 e. The molecule has 0 radical (unpaired) electrons. The monoisotopic (exact) mass is 215 g/mol. The van der Waals surface area contributed by atoms with E-state index in [0.717, 1.165) is 0 Å². The number of nitrogens with two attached hydrogens (primary N) is 1. The van der Waals surface area contributed by atoms with Gasteiger partial charge in [-0.05, 0) is 18.1 Å². The Hall–Kier alpha value is -0.930. The Labute approximate surface area is 86.9 Å². The van der Waals surface area contributed by atoms with Gasteiger partial charge in [-0.2, -0.15) is 0 Å². The van der Waals surface area contributed by atoms with Gasteiger partial charge in [-0.15, -0.1) is 0 Å². The number of halogens is 2. The number of carbonyl (C=O) groups excluding carboxylic acids is 1. The maximum Gasteiger partial charge on any atom is 0.146 e. The third-order valence-corrected chi connectivity index (χ3v) is 2.22. The fourth-order valence-corrected chi connectivity index (χ4v) is 1.31. The molecule has 14 heavy (non-hydrogen) atoms. The minimum atomic E-state index is -0.445. The van der Waals surface area contributed by atoms with Crippen molar-refractivity contribution in [1.82, 2.24) is 0 Å². The molecule has 76 valence electrons. The highest BCUT2D eigenvalue weighted by atomic mass is 35.5. The van der Waals surface area contributed by atoms with Crippen molar-refractivity contribution in [2.24, 2.45) is 5.73 Å².